The zero-order valence-electron chi connectivity index (χ0n) is 10.4. The molecular formula is C10H16IKO4S. The Morgan fingerprint density at radius 1 is 1.41 bits per heavy atom. The van der Waals surface area contributed by atoms with Crippen LogP contribution in [0.2, 0.25) is 0 Å². The minimum Gasteiger partial charge on any atom is -1.00 e. The normalized spacial score (nSPS) is 34.1. The number of rotatable bonds is 2. The van der Waals surface area contributed by atoms with Gasteiger partial charge in [0.25, 0.3) is 10.1 Å². The summed E-state index contributed by atoms with van der Waals surface area (Å²) in [6, 6.07) is 0. The number of Topliss-reactive ketones (excluding diaryl/α,β-unsaturated/α-hetero) is 1. The Morgan fingerprint density at radius 3 is 2.24 bits per heavy atom. The Hall–Kier alpha value is 1.95. The van der Waals surface area contributed by atoms with E-state index in [2.05, 4.69) is 0 Å². The first kappa shape index (κ1) is 18.9. The van der Waals surface area contributed by atoms with Crippen molar-refractivity contribution in [1.29, 1.82) is 0 Å². The van der Waals surface area contributed by atoms with Gasteiger partial charge in [-0.2, -0.15) is 8.42 Å². The summed E-state index contributed by atoms with van der Waals surface area (Å²) in [6.07, 6.45) is 1.97. The van der Waals surface area contributed by atoms with Crippen molar-refractivity contribution in [1.82, 2.24) is 0 Å². The number of hydrogen-bond acceptors (Lipinski definition) is 3. The fourth-order valence-electron chi connectivity index (χ4n) is 3.42. The topological polar surface area (TPSA) is 71.4 Å². The van der Waals surface area contributed by atoms with Gasteiger partial charge in [-0.3, -0.25) is 9.35 Å². The first-order valence-corrected chi connectivity index (χ1v) is 6.78. The molecule has 0 radical (unpaired) electrons. The van der Waals surface area contributed by atoms with Gasteiger partial charge in [-0.15, -0.1) is 0 Å². The summed E-state index contributed by atoms with van der Waals surface area (Å²) in [4.78, 5) is 11.9. The molecule has 0 aliphatic heterocycles. The van der Waals surface area contributed by atoms with E-state index in [1.165, 1.54) is 0 Å². The molecule has 0 amide bonds. The second kappa shape index (κ2) is 5.75. The Balaban J connectivity index is 0.00000128. The Morgan fingerprint density at radius 2 is 1.94 bits per heavy atom. The molecule has 2 aliphatic rings. The van der Waals surface area contributed by atoms with E-state index in [9.17, 15) is 13.2 Å². The van der Waals surface area contributed by atoms with Crippen molar-refractivity contribution in [2.75, 3.05) is 5.75 Å². The van der Waals surface area contributed by atoms with E-state index in [1.807, 2.05) is 13.8 Å². The van der Waals surface area contributed by atoms with E-state index in [0.29, 0.717) is 12.8 Å². The monoisotopic (exact) mass is 398 g/mol. The molecule has 2 saturated carbocycles. The Kier molecular flexibility index (Phi) is 6.40. The molecule has 0 unspecified atom stereocenters. The molecule has 0 saturated heterocycles. The van der Waals surface area contributed by atoms with E-state index >= 15 is 0 Å². The van der Waals surface area contributed by atoms with E-state index in [-0.39, 0.29) is 92.5 Å². The van der Waals surface area contributed by atoms with Crippen LogP contribution in [0.5, 0.6) is 0 Å². The summed E-state index contributed by atoms with van der Waals surface area (Å²) in [5.74, 6) is -0.101. The molecule has 1 N–H and O–H groups in total. The predicted octanol–water partition coefficient (Wildman–Crippen LogP) is -4.72. The van der Waals surface area contributed by atoms with Gasteiger partial charge in [0.15, 0.2) is 0 Å². The molecule has 7 heteroatoms. The number of hydrogen-bond donors (Lipinski definition) is 1. The molecule has 2 rings (SSSR count). The Labute approximate surface area is 162 Å². The fraction of sp³-hybridized carbons (Fsp3) is 0.900. The third kappa shape index (κ3) is 3.01. The first-order chi connectivity index (χ1) is 6.69. The van der Waals surface area contributed by atoms with Crippen molar-refractivity contribution in [3.63, 3.8) is 0 Å². The molecule has 2 fully saturated rings. The largest absolute Gasteiger partial charge is 1.00 e. The summed E-state index contributed by atoms with van der Waals surface area (Å²) in [5, 5.41) is 0. The minimum absolute atomic E-state index is 0. The van der Waals surface area contributed by atoms with Crippen molar-refractivity contribution < 1.29 is 93.1 Å². The standard InChI is InChI=1S/C10H16O4S.HI.K/c1-9(2)7-3-4-10(9,8(11)5-7)6-15(12,13)14;;/h7H,3-6H2,1-2H3,(H,12,13,14);1H;/q;;+1/p-1/t7-,10-;;/m1../s1. The van der Waals surface area contributed by atoms with Crippen molar-refractivity contribution in [3.05, 3.63) is 0 Å². The summed E-state index contributed by atoms with van der Waals surface area (Å²) >= 11 is 0. The molecule has 2 bridgehead atoms. The number of carbonyl (C=O) groups excluding carboxylic acids is 1. The van der Waals surface area contributed by atoms with Gasteiger partial charge in [-0.25, -0.2) is 0 Å². The third-order valence-electron chi connectivity index (χ3n) is 4.57. The summed E-state index contributed by atoms with van der Waals surface area (Å²) in [6.45, 7) is 3.89. The smallest absolute Gasteiger partial charge is 1.00 e. The van der Waals surface area contributed by atoms with Crippen LogP contribution in [0.25, 0.3) is 0 Å². The van der Waals surface area contributed by atoms with E-state index in [1.54, 1.807) is 0 Å². The summed E-state index contributed by atoms with van der Waals surface area (Å²) < 4.78 is 31.0. The third-order valence-corrected chi connectivity index (χ3v) is 5.43. The van der Waals surface area contributed by atoms with Crippen LogP contribution < -0.4 is 75.4 Å². The van der Waals surface area contributed by atoms with E-state index in [4.69, 9.17) is 4.55 Å². The molecule has 0 aromatic carbocycles. The zero-order valence-corrected chi connectivity index (χ0v) is 16.5. The number of carbonyl (C=O) groups is 1. The molecular weight excluding hydrogens is 382 g/mol. The fourth-order valence-corrected chi connectivity index (χ4v) is 4.72. The minimum atomic E-state index is -4.08. The quantitative estimate of drug-likeness (QED) is 0.288. The number of halogens is 1. The van der Waals surface area contributed by atoms with Crippen LogP contribution in [0.4, 0.5) is 0 Å². The van der Waals surface area contributed by atoms with Crippen LogP contribution in [0, 0.1) is 16.7 Å². The molecule has 0 heterocycles. The molecule has 2 atom stereocenters. The van der Waals surface area contributed by atoms with Gasteiger partial charge in [0.2, 0.25) is 0 Å². The van der Waals surface area contributed by atoms with Crippen molar-refractivity contribution in [2.24, 2.45) is 16.7 Å². The summed E-state index contributed by atoms with van der Waals surface area (Å²) in [7, 11) is -4.08. The second-order valence-electron chi connectivity index (χ2n) is 5.39. The zero-order chi connectivity index (χ0) is 11.5. The summed E-state index contributed by atoms with van der Waals surface area (Å²) in [5.41, 5.74) is -1.12. The van der Waals surface area contributed by atoms with Crippen LogP contribution in [-0.4, -0.2) is 24.5 Å². The van der Waals surface area contributed by atoms with Gasteiger partial charge in [-0.05, 0) is 24.2 Å². The van der Waals surface area contributed by atoms with Gasteiger partial charge in [0.1, 0.15) is 5.78 Å². The van der Waals surface area contributed by atoms with Crippen LogP contribution in [0.1, 0.15) is 33.1 Å². The van der Waals surface area contributed by atoms with Crippen LogP contribution in [0.3, 0.4) is 0 Å². The van der Waals surface area contributed by atoms with Crippen LogP contribution in [-0.2, 0) is 14.9 Å². The van der Waals surface area contributed by atoms with Gasteiger partial charge < -0.3 is 24.0 Å². The number of fused-ring (bicyclic) bond motifs is 2. The molecule has 0 spiro atoms. The molecule has 2 aliphatic carbocycles. The first-order valence-electron chi connectivity index (χ1n) is 5.17. The maximum absolute atomic E-state index is 11.9. The van der Waals surface area contributed by atoms with Gasteiger partial charge in [-0.1, -0.05) is 13.8 Å². The van der Waals surface area contributed by atoms with Gasteiger partial charge in [0.05, 0.1) is 11.2 Å². The second-order valence-corrected chi connectivity index (χ2v) is 6.85. The van der Waals surface area contributed by atoms with Crippen molar-refractivity contribution >= 4 is 15.9 Å². The molecule has 4 nitrogen and oxygen atoms in total. The molecule has 0 aromatic rings. The molecule has 94 valence electrons. The Bertz CT molecular complexity index is 420. The SMILES string of the molecule is CC1(C)[C@@H]2CC[C@@]1(CS(=O)(=O)O)C(=O)C2.[I-].[K+]. The van der Waals surface area contributed by atoms with Crippen molar-refractivity contribution in [3.8, 4) is 0 Å². The van der Waals surface area contributed by atoms with Crippen LogP contribution >= 0.6 is 0 Å². The predicted molar refractivity (Wildman–Crippen MR) is 55.0 cm³/mol. The number of ketones is 1. The van der Waals surface area contributed by atoms with E-state index in [0.717, 1.165) is 6.42 Å². The van der Waals surface area contributed by atoms with Crippen LogP contribution in [0.15, 0.2) is 0 Å². The maximum Gasteiger partial charge on any atom is 1.00 e. The molecule has 17 heavy (non-hydrogen) atoms. The average Bonchev–Trinajstić information content (AvgIpc) is 2.34. The maximum atomic E-state index is 11.9. The van der Waals surface area contributed by atoms with Gasteiger partial charge >= 0.3 is 51.4 Å². The molecule has 0 aromatic heterocycles. The van der Waals surface area contributed by atoms with E-state index < -0.39 is 21.3 Å². The van der Waals surface area contributed by atoms with Gasteiger partial charge in [0, 0.05) is 6.42 Å². The average molecular weight is 398 g/mol. The van der Waals surface area contributed by atoms with Crippen molar-refractivity contribution in [2.45, 2.75) is 33.1 Å².